The molecule has 4 rings (SSSR count). The first-order valence-corrected chi connectivity index (χ1v) is 9.98. The van der Waals surface area contributed by atoms with Crippen molar-refractivity contribution in [2.24, 2.45) is 0 Å². The maximum absolute atomic E-state index is 14.0. The number of nitrogens with zero attached hydrogens (tertiary/aromatic N) is 2. The molecule has 7 heteroatoms. The quantitative estimate of drug-likeness (QED) is 0.608. The number of nitriles is 1. The zero-order chi connectivity index (χ0) is 22.7. The lowest BCUT2D eigenvalue weighted by Gasteiger charge is -2.13. The molecule has 1 aliphatic heterocycles. The van der Waals surface area contributed by atoms with Gasteiger partial charge in [-0.1, -0.05) is 48.5 Å². The van der Waals surface area contributed by atoms with Gasteiger partial charge in [-0.05, 0) is 36.2 Å². The van der Waals surface area contributed by atoms with Crippen LogP contribution in [-0.4, -0.2) is 29.2 Å². The van der Waals surface area contributed by atoms with Gasteiger partial charge in [0.2, 0.25) is 0 Å². The summed E-state index contributed by atoms with van der Waals surface area (Å²) in [6, 6.07) is 20.0. The van der Waals surface area contributed by atoms with Gasteiger partial charge in [0.1, 0.15) is 11.9 Å². The fourth-order valence-corrected chi connectivity index (χ4v) is 3.62. The maximum atomic E-state index is 14.0. The second kappa shape index (κ2) is 8.82. The van der Waals surface area contributed by atoms with Crippen LogP contribution in [0, 0.1) is 17.1 Å². The number of nitrogens with one attached hydrogen (secondary N) is 1. The van der Waals surface area contributed by atoms with Crippen LogP contribution in [0.1, 0.15) is 48.2 Å². The third-order valence-corrected chi connectivity index (χ3v) is 5.32. The molecule has 32 heavy (non-hydrogen) atoms. The number of benzene rings is 3. The molecular weight excluding hydrogens is 409 g/mol. The minimum atomic E-state index is -1.20. The van der Waals surface area contributed by atoms with Crippen molar-refractivity contribution in [2.45, 2.75) is 12.5 Å². The molecule has 0 radical (unpaired) electrons. The number of carbonyl (C=O) groups is 3. The first-order valence-electron chi connectivity index (χ1n) is 9.98. The van der Waals surface area contributed by atoms with E-state index >= 15 is 0 Å². The summed E-state index contributed by atoms with van der Waals surface area (Å²) in [5, 5.41) is 11.8. The lowest BCUT2D eigenvalue weighted by molar-refractivity contribution is 0.0656. The summed E-state index contributed by atoms with van der Waals surface area (Å²) in [5.41, 5.74) is 1.51. The number of carbonyl (C=O) groups excluding carboxylic acids is 3. The molecule has 3 aromatic rings. The van der Waals surface area contributed by atoms with Crippen molar-refractivity contribution in [1.82, 2.24) is 10.2 Å². The number of fused-ring (bicyclic) bond motifs is 1. The van der Waals surface area contributed by atoms with E-state index in [1.807, 2.05) is 36.4 Å². The van der Waals surface area contributed by atoms with Crippen molar-refractivity contribution in [3.05, 3.63) is 106 Å². The Morgan fingerprint density at radius 1 is 0.969 bits per heavy atom. The summed E-state index contributed by atoms with van der Waals surface area (Å²) < 4.78 is 14.0. The van der Waals surface area contributed by atoms with Gasteiger partial charge in [-0.3, -0.25) is 19.3 Å². The molecule has 0 bridgehead atoms. The van der Waals surface area contributed by atoms with E-state index in [4.69, 9.17) is 0 Å². The van der Waals surface area contributed by atoms with E-state index in [0.717, 1.165) is 10.5 Å². The second-order valence-corrected chi connectivity index (χ2v) is 7.31. The third kappa shape index (κ3) is 3.98. The van der Waals surface area contributed by atoms with Crippen molar-refractivity contribution >= 4 is 17.7 Å². The Labute approximate surface area is 183 Å². The highest BCUT2D eigenvalue weighted by molar-refractivity contribution is 6.22. The molecule has 1 N–H and O–H groups in total. The van der Waals surface area contributed by atoms with Crippen LogP contribution in [0.4, 0.5) is 4.39 Å². The Morgan fingerprint density at radius 3 is 2.38 bits per heavy atom. The molecule has 6 nitrogen and oxygen atoms in total. The Balaban J connectivity index is 1.51. The molecule has 1 unspecified atom stereocenters. The summed E-state index contributed by atoms with van der Waals surface area (Å²) in [4.78, 5) is 39.3. The number of imide groups is 1. The van der Waals surface area contributed by atoms with Crippen molar-refractivity contribution in [1.29, 1.82) is 5.26 Å². The molecule has 1 aliphatic rings. The highest BCUT2D eigenvalue weighted by Crippen LogP contribution is 2.25. The minimum absolute atomic E-state index is 0.0443. The largest absolute Gasteiger partial charge is 0.332 e. The van der Waals surface area contributed by atoms with Gasteiger partial charge in [0.25, 0.3) is 17.7 Å². The van der Waals surface area contributed by atoms with Crippen LogP contribution in [0.5, 0.6) is 0 Å². The Bertz CT molecular complexity index is 1250. The molecule has 1 heterocycles. The van der Waals surface area contributed by atoms with E-state index in [2.05, 4.69) is 5.32 Å². The average molecular weight is 427 g/mol. The summed E-state index contributed by atoms with van der Waals surface area (Å²) >= 11 is 0. The van der Waals surface area contributed by atoms with E-state index in [1.54, 1.807) is 6.07 Å². The molecule has 1 atom stereocenters. The topological polar surface area (TPSA) is 90.3 Å². The van der Waals surface area contributed by atoms with Crippen LogP contribution in [0.2, 0.25) is 0 Å². The fourth-order valence-electron chi connectivity index (χ4n) is 3.62. The summed E-state index contributed by atoms with van der Waals surface area (Å²) in [6.07, 6.45) is 0.520. The van der Waals surface area contributed by atoms with Crippen LogP contribution in [-0.2, 0) is 6.42 Å². The van der Waals surface area contributed by atoms with E-state index in [-0.39, 0.29) is 28.8 Å². The highest BCUT2D eigenvalue weighted by Gasteiger charge is 2.35. The minimum Gasteiger partial charge on any atom is -0.332 e. The van der Waals surface area contributed by atoms with Crippen molar-refractivity contribution in [3.63, 3.8) is 0 Å². The normalized spacial score (nSPS) is 13.4. The Kier molecular flexibility index (Phi) is 5.77. The molecule has 158 valence electrons. The van der Waals surface area contributed by atoms with Crippen molar-refractivity contribution in [2.75, 3.05) is 6.54 Å². The van der Waals surface area contributed by atoms with Crippen LogP contribution < -0.4 is 5.32 Å². The fraction of sp³-hybridized carbons (Fsp3) is 0.120. The van der Waals surface area contributed by atoms with E-state index in [0.29, 0.717) is 6.42 Å². The second-order valence-electron chi connectivity index (χ2n) is 7.31. The number of rotatable bonds is 6. The van der Waals surface area contributed by atoms with Gasteiger partial charge < -0.3 is 5.32 Å². The Hall–Kier alpha value is -4.31. The van der Waals surface area contributed by atoms with Gasteiger partial charge in [-0.2, -0.15) is 5.26 Å². The molecule has 3 aromatic carbocycles. The zero-order valence-corrected chi connectivity index (χ0v) is 16.9. The number of hydrogen-bond acceptors (Lipinski definition) is 4. The SMILES string of the molecule is N#CC(NC(=O)c1ccc2c(c1)C(=O)N(CCc1ccccc1)C2=O)c1ccccc1F. The third-order valence-electron chi connectivity index (χ3n) is 5.32. The van der Waals surface area contributed by atoms with Crippen molar-refractivity contribution in [3.8, 4) is 6.07 Å². The highest BCUT2D eigenvalue weighted by atomic mass is 19.1. The molecule has 0 aliphatic carbocycles. The van der Waals surface area contributed by atoms with Crippen LogP contribution in [0.25, 0.3) is 0 Å². The van der Waals surface area contributed by atoms with Gasteiger partial charge in [0.05, 0.1) is 17.2 Å². The van der Waals surface area contributed by atoms with E-state index in [1.165, 1.54) is 36.4 Å². The molecule has 0 spiro atoms. The lowest BCUT2D eigenvalue weighted by Crippen LogP contribution is -2.31. The van der Waals surface area contributed by atoms with Gasteiger partial charge in [-0.15, -0.1) is 0 Å². The average Bonchev–Trinajstić information content (AvgIpc) is 3.06. The van der Waals surface area contributed by atoms with E-state index in [9.17, 15) is 24.0 Å². The number of halogens is 1. The molecular formula is C25H18FN3O3. The number of amides is 3. The molecule has 3 amide bonds. The van der Waals surface area contributed by atoms with Crippen molar-refractivity contribution < 1.29 is 18.8 Å². The lowest BCUT2D eigenvalue weighted by atomic mass is 10.0. The Morgan fingerprint density at radius 2 is 1.66 bits per heavy atom. The van der Waals surface area contributed by atoms with Gasteiger partial charge >= 0.3 is 0 Å². The maximum Gasteiger partial charge on any atom is 0.261 e. The predicted molar refractivity (Wildman–Crippen MR) is 114 cm³/mol. The first-order chi connectivity index (χ1) is 15.5. The van der Waals surface area contributed by atoms with E-state index < -0.39 is 29.6 Å². The smallest absolute Gasteiger partial charge is 0.261 e. The van der Waals surface area contributed by atoms with Crippen LogP contribution in [0.15, 0.2) is 72.8 Å². The zero-order valence-electron chi connectivity index (χ0n) is 16.9. The molecule has 0 saturated heterocycles. The van der Waals surface area contributed by atoms with Gasteiger partial charge in [0.15, 0.2) is 0 Å². The van der Waals surface area contributed by atoms with Crippen LogP contribution in [0.3, 0.4) is 0 Å². The first kappa shape index (κ1) is 20.9. The monoisotopic (exact) mass is 427 g/mol. The molecule has 0 aromatic heterocycles. The van der Waals surface area contributed by atoms with Crippen LogP contribution >= 0.6 is 0 Å². The predicted octanol–water partition coefficient (Wildman–Crippen LogP) is 3.66. The molecule has 0 fully saturated rings. The molecule has 0 saturated carbocycles. The van der Waals surface area contributed by atoms with Gasteiger partial charge in [0, 0.05) is 17.7 Å². The summed E-state index contributed by atoms with van der Waals surface area (Å²) in [6.45, 7) is 0.224. The standard InChI is InChI=1S/C25H18FN3O3/c26-21-9-5-4-8-19(21)22(15-27)28-23(30)17-10-11-18-20(14-17)25(32)29(24(18)31)13-12-16-6-2-1-3-7-16/h1-11,14,22H,12-13H2,(H,28,30). The summed E-state index contributed by atoms with van der Waals surface area (Å²) in [5.74, 6) is -2.13. The van der Waals surface area contributed by atoms with Gasteiger partial charge in [-0.25, -0.2) is 4.39 Å². The number of hydrogen-bond donors (Lipinski definition) is 1. The summed E-state index contributed by atoms with van der Waals surface area (Å²) in [7, 11) is 0.